The number of hydrogen-bond donors (Lipinski definition) is 0. The van der Waals surface area contributed by atoms with Crippen LogP contribution in [-0.2, 0) is 9.47 Å². The number of rotatable bonds is 5. The van der Waals surface area contributed by atoms with Gasteiger partial charge < -0.3 is 14.2 Å². The maximum atomic E-state index is 13.3. The molecule has 6 nitrogen and oxygen atoms in total. The van der Waals surface area contributed by atoms with Crippen molar-refractivity contribution in [1.29, 1.82) is 0 Å². The van der Waals surface area contributed by atoms with Crippen LogP contribution in [0.25, 0.3) is 11.1 Å². The molecular formula is C30H26F3NO5. The van der Waals surface area contributed by atoms with Gasteiger partial charge in [-0.2, -0.15) is 0 Å². The third-order valence-corrected chi connectivity index (χ3v) is 7.81. The Bertz CT molecular complexity index is 1330. The Labute approximate surface area is 223 Å². The van der Waals surface area contributed by atoms with E-state index in [1.54, 1.807) is 4.90 Å². The van der Waals surface area contributed by atoms with Gasteiger partial charge in [-0.25, -0.2) is 4.79 Å². The molecule has 0 radical (unpaired) electrons. The van der Waals surface area contributed by atoms with Crippen molar-refractivity contribution >= 4 is 11.9 Å². The molecule has 2 bridgehead atoms. The lowest BCUT2D eigenvalue weighted by molar-refractivity contribution is -0.274. The molecule has 0 N–H and O–H groups in total. The van der Waals surface area contributed by atoms with Crippen molar-refractivity contribution in [2.45, 2.75) is 37.2 Å². The van der Waals surface area contributed by atoms with E-state index in [0.717, 1.165) is 34.4 Å². The summed E-state index contributed by atoms with van der Waals surface area (Å²) >= 11 is 0. The highest BCUT2D eigenvalue weighted by Gasteiger charge is 2.45. The van der Waals surface area contributed by atoms with Crippen LogP contribution < -0.4 is 4.74 Å². The number of nitrogens with zero attached hydrogens (tertiary/aromatic N) is 1. The molecule has 2 unspecified atom stereocenters. The topological polar surface area (TPSA) is 65.1 Å². The molecule has 2 atom stereocenters. The Kier molecular flexibility index (Phi) is 6.54. The number of morpholine rings is 1. The van der Waals surface area contributed by atoms with Gasteiger partial charge in [0.05, 0.1) is 25.3 Å². The van der Waals surface area contributed by atoms with Crippen molar-refractivity contribution in [2.24, 2.45) is 5.92 Å². The normalized spacial score (nSPS) is 22.1. The predicted octanol–water partition coefficient (Wildman–Crippen LogP) is 6.20. The number of amides is 1. The fourth-order valence-corrected chi connectivity index (χ4v) is 6.15. The lowest BCUT2D eigenvalue weighted by Gasteiger charge is -2.47. The average molecular weight is 538 g/mol. The zero-order chi connectivity index (χ0) is 27.1. The molecule has 2 heterocycles. The Hall–Kier alpha value is -3.85. The minimum absolute atomic E-state index is 0.0548. The highest BCUT2D eigenvalue weighted by atomic mass is 19.4. The quantitative estimate of drug-likeness (QED) is 0.363. The van der Waals surface area contributed by atoms with E-state index in [0.29, 0.717) is 31.6 Å². The van der Waals surface area contributed by atoms with E-state index in [1.165, 1.54) is 12.1 Å². The van der Waals surface area contributed by atoms with E-state index >= 15 is 0 Å². The molecule has 2 fully saturated rings. The zero-order valence-electron chi connectivity index (χ0n) is 20.9. The first kappa shape index (κ1) is 25.4. The standard InChI is InChI=1S/C30H26F3NO5/c31-30(32,33)39-22-11-9-18(10-12-22)28(35)19-13-20-15-37-16-21(14-19)34(20)29(36)38-17-27-25-7-3-1-5-23(25)24-6-2-4-8-26(24)27/h1-12,19-21,27H,13-17H2. The summed E-state index contributed by atoms with van der Waals surface area (Å²) in [4.78, 5) is 28.3. The number of benzene rings is 3. The molecule has 3 aromatic rings. The molecule has 0 spiro atoms. The Balaban J connectivity index is 1.12. The smallest absolute Gasteiger partial charge is 0.448 e. The van der Waals surface area contributed by atoms with Crippen LogP contribution in [0.3, 0.4) is 0 Å². The number of carbonyl (C=O) groups is 2. The van der Waals surface area contributed by atoms with Crippen LogP contribution in [0.15, 0.2) is 72.8 Å². The lowest BCUT2D eigenvalue weighted by Crippen LogP contribution is -2.60. The van der Waals surface area contributed by atoms with Gasteiger partial charge in [0.1, 0.15) is 12.4 Å². The van der Waals surface area contributed by atoms with Crippen molar-refractivity contribution < 1.29 is 37.0 Å². The molecule has 1 amide bonds. The van der Waals surface area contributed by atoms with E-state index in [-0.39, 0.29) is 42.1 Å². The molecule has 0 aromatic heterocycles. The average Bonchev–Trinajstić information content (AvgIpc) is 3.24. The van der Waals surface area contributed by atoms with Gasteiger partial charge in [-0.3, -0.25) is 9.69 Å². The summed E-state index contributed by atoms with van der Waals surface area (Å²) in [5.41, 5.74) is 4.87. The van der Waals surface area contributed by atoms with Gasteiger partial charge in [0.25, 0.3) is 0 Å². The van der Waals surface area contributed by atoms with E-state index in [1.807, 2.05) is 24.3 Å². The minimum Gasteiger partial charge on any atom is -0.448 e. The number of Topliss-reactive ketones (excluding diaryl/α,β-unsaturated/α-hetero) is 1. The number of halogens is 3. The van der Waals surface area contributed by atoms with Crippen molar-refractivity contribution in [3.8, 4) is 16.9 Å². The van der Waals surface area contributed by atoms with Crippen LogP contribution in [-0.4, -0.2) is 55.0 Å². The first-order valence-corrected chi connectivity index (χ1v) is 12.9. The Morgan fingerprint density at radius 2 is 1.41 bits per heavy atom. The van der Waals surface area contributed by atoms with Gasteiger partial charge in [0, 0.05) is 17.4 Å². The van der Waals surface area contributed by atoms with Crippen molar-refractivity contribution in [1.82, 2.24) is 4.90 Å². The SMILES string of the molecule is O=C(c1ccc(OC(F)(F)F)cc1)C1CC2COCC(C1)N2C(=O)OCC1c2ccccc2-c2ccccc21. The number of fused-ring (bicyclic) bond motifs is 5. The summed E-state index contributed by atoms with van der Waals surface area (Å²) in [7, 11) is 0. The molecule has 202 valence electrons. The second kappa shape index (κ2) is 10.0. The van der Waals surface area contributed by atoms with E-state index < -0.39 is 12.5 Å². The van der Waals surface area contributed by atoms with Crippen molar-refractivity contribution in [2.75, 3.05) is 19.8 Å². The predicted molar refractivity (Wildman–Crippen MR) is 135 cm³/mol. The van der Waals surface area contributed by atoms with Gasteiger partial charge >= 0.3 is 12.5 Å². The fourth-order valence-electron chi connectivity index (χ4n) is 6.15. The Morgan fingerprint density at radius 3 is 1.97 bits per heavy atom. The summed E-state index contributed by atoms with van der Waals surface area (Å²) in [6.07, 6.45) is -4.44. The van der Waals surface area contributed by atoms with E-state index in [4.69, 9.17) is 9.47 Å². The van der Waals surface area contributed by atoms with Gasteiger partial charge in [-0.15, -0.1) is 13.2 Å². The van der Waals surface area contributed by atoms with Crippen molar-refractivity contribution in [3.05, 3.63) is 89.5 Å². The van der Waals surface area contributed by atoms with E-state index in [9.17, 15) is 22.8 Å². The third kappa shape index (κ3) is 4.98. The summed E-state index contributed by atoms with van der Waals surface area (Å²) in [5, 5.41) is 0. The minimum atomic E-state index is -4.80. The van der Waals surface area contributed by atoms with Crippen LogP contribution in [0, 0.1) is 5.92 Å². The first-order chi connectivity index (χ1) is 18.8. The van der Waals surface area contributed by atoms with Crippen molar-refractivity contribution in [3.63, 3.8) is 0 Å². The monoisotopic (exact) mass is 537 g/mol. The number of hydrogen-bond acceptors (Lipinski definition) is 5. The maximum absolute atomic E-state index is 13.3. The van der Waals surface area contributed by atoms with E-state index in [2.05, 4.69) is 29.0 Å². The van der Waals surface area contributed by atoms with Crippen LogP contribution in [0.2, 0.25) is 0 Å². The summed E-state index contributed by atoms with van der Waals surface area (Å²) in [6.45, 7) is 0.796. The molecule has 9 heteroatoms. The summed E-state index contributed by atoms with van der Waals surface area (Å²) in [5.74, 6) is -0.983. The van der Waals surface area contributed by atoms with Crippen LogP contribution >= 0.6 is 0 Å². The van der Waals surface area contributed by atoms with Gasteiger partial charge in [0.15, 0.2) is 5.78 Å². The number of ketones is 1. The summed E-state index contributed by atoms with van der Waals surface area (Å²) in [6, 6.07) is 20.6. The molecule has 2 saturated heterocycles. The molecule has 6 rings (SSSR count). The molecule has 1 aliphatic carbocycles. The van der Waals surface area contributed by atoms with Crippen LogP contribution in [0.5, 0.6) is 5.75 Å². The maximum Gasteiger partial charge on any atom is 0.573 e. The summed E-state index contributed by atoms with van der Waals surface area (Å²) < 4.78 is 52.9. The third-order valence-electron chi connectivity index (χ3n) is 7.81. The number of piperidine rings is 1. The first-order valence-electron chi connectivity index (χ1n) is 12.9. The Morgan fingerprint density at radius 1 is 0.846 bits per heavy atom. The number of carbonyl (C=O) groups excluding carboxylic acids is 2. The van der Waals surface area contributed by atoms with Gasteiger partial charge in [-0.1, -0.05) is 48.5 Å². The number of alkyl halides is 3. The van der Waals surface area contributed by atoms with Gasteiger partial charge in [0.2, 0.25) is 0 Å². The lowest BCUT2D eigenvalue weighted by atomic mass is 9.81. The van der Waals surface area contributed by atoms with Crippen LogP contribution in [0.1, 0.15) is 40.2 Å². The molecule has 2 aliphatic heterocycles. The largest absolute Gasteiger partial charge is 0.573 e. The number of ether oxygens (including phenoxy) is 3. The molecule has 0 saturated carbocycles. The molecule has 3 aromatic carbocycles. The molecule has 3 aliphatic rings. The molecule has 39 heavy (non-hydrogen) atoms. The zero-order valence-corrected chi connectivity index (χ0v) is 20.9. The highest BCUT2D eigenvalue weighted by molar-refractivity contribution is 5.98. The second-order valence-electron chi connectivity index (χ2n) is 10.2. The highest BCUT2D eigenvalue weighted by Crippen LogP contribution is 2.45. The fraction of sp³-hybridized carbons (Fsp3) is 0.333. The van der Waals surface area contributed by atoms with Gasteiger partial charge in [-0.05, 0) is 59.4 Å². The molecular weight excluding hydrogens is 511 g/mol. The second-order valence-corrected chi connectivity index (χ2v) is 10.2. The van der Waals surface area contributed by atoms with Crippen LogP contribution in [0.4, 0.5) is 18.0 Å².